The minimum atomic E-state index is -0.797. The maximum Gasteiger partial charge on any atom is 1.00 e. The van der Waals surface area contributed by atoms with Crippen LogP contribution >= 0.6 is 0 Å². The zero-order chi connectivity index (χ0) is 9.89. The topological polar surface area (TPSA) is 0 Å². The summed E-state index contributed by atoms with van der Waals surface area (Å²) in [4.78, 5) is 0. The Bertz CT molecular complexity index is 113. The van der Waals surface area contributed by atoms with E-state index in [2.05, 4.69) is 0 Å². The molecule has 0 saturated carbocycles. The van der Waals surface area contributed by atoms with Gasteiger partial charge in [-0.1, -0.05) is 0 Å². The number of hydrogen-bond acceptors (Lipinski definition) is 0. The van der Waals surface area contributed by atoms with Crippen molar-refractivity contribution in [1.82, 2.24) is 0 Å². The molecule has 0 spiro atoms. The van der Waals surface area contributed by atoms with Gasteiger partial charge in [0, 0.05) is 0 Å². The predicted octanol–water partition coefficient (Wildman–Crippen LogP) is -4.11. The van der Waals surface area contributed by atoms with Gasteiger partial charge in [-0.25, -0.2) is 0 Å². The minimum absolute atomic E-state index is 0. The summed E-state index contributed by atoms with van der Waals surface area (Å²) in [5.41, 5.74) is 0.366. The Kier molecular flexibility index (Phi) is 10.0. The van der Waals surface area contributed by atoms with E-state index in [4.69, 9.17) is 54.2 Å². The number of rotatable bonds is 4. The molecule has 0 unspecified atom stereocenters. The van der Waals surface area contributed by atoms with Crippen molar-refractivity contribution in [3.63, 3.8) is 0 Å². The van der Waals surface area contributed by atoms with Crippen LogP contribution in [0.4, 0.5) is 0 Å². The van der Waals surface area contributed by atoms with Gasteiger partial charge in [0.05, 0.1) is 0 Å². The molecule has 0 nitrogen and oxygen atoms in total. The van der Waals surface area contributed by atoms with Crippen molar-refractivity contribution in [2.24, 2.45) is 0 Å². The molecule has 13 heavy (non-hydrogen) atoms. The first kappa shape index (κ1) is 16.9. The molecule has 0 rings (SSSR count). The van der Waals surface area contributed by atoms with Gasteiger partial charge in [-0.3, -0.25) is 0 Å². The predicted molar refractivity (Wildman–Crippen MR) is 66.5 cm³/mol. The Labute approximate surface area is 108 Å². The van der Waals surface area contributed by atoms with Gasteiger partial charge in [0.2, 0.25) is 0 Å². The van der Waals surface area contributed by atoms with Crippen LogP contribution in [0, 0.1) is 5.62 Å². The van der Waals surface area contributed by atoms with E-state index in [1.807, 2.05) is 0 Å². The third-order valence-electron chi connectivity index (χ3n) is 1.57. The molecule has 0 aromatic heterocycles. The molecule has 48 valence electrons. The van der Waals surface area contributed by atoms with Gasteiger partial charge in [0.1, 0.15) is 0 Å². The standard InChI is InChI=1S/CB11.Ag/c2-9(3)1(10(4)5)11(6)12(7)8;/q-1;+1. The van der Waals surface area contributed by atoms with Crippen molar-refractivity contribution < 1.29 is 22.4 Å². The molecule has 12 heteroatoms. The molecular formula is CAgB11. The second kappa shape index (κ2) is 7.71. The summed E-state index contributed by atoms with van der Waals surface area (Å²) in [6.07, 6.45) is -0.760. The molecule has 0 aliphatic rings. The molecule has 0 aliphatic heterocycles. The zero-order valence-corrected chi connectivity index (χ0v) is 8.63. The fourth-order valence-corrected chi connectivity index (χ4v) is 0.889. The van der Waals surface area contributed by atoms with Gasteiger partial charge in [0.15, 0.2) is 0 Å². The fraction of sp³-hybridized carbons (Fsp3) is 0. The molecule has 0 bridgehead atoms. The van der Waals surface area contributed by atoms with E-state index in [0.29, 0.717) is 5.62 Å². The van der Waals surface area contributed by atoms with Crippen LogP contribution in [-0.4, -0.2) is 80.0 Å². The maximum atomic E-state index is 5.56. The van der Waals surface area contributed by atoms with Gasteiger partial charge in [-0.05, 0) is 60.5 Å². The molecule has 0 aromatic rings. The van der Waals surface area contributed by atoms with Crippen molar-refractivity contribution >= 4 is 80.0 Å². The van der Waals surface area contributed by atoms with Gasteiger partial charge >= 0.3 is 22.4 Å². The summed E-state index contributed by atoms with van der Waals surface area (Å²) in [6, 6.07) is 0. The maximum absolute atomic E-state index is 5.56. The first-order chi connectivity index (χ1) is 5.37. The zero-order valence-electron chi connectivity index (χ0n) is 7.15. The van der Waals surface area contributed by atoms with Crippen LogP contribution in [0.3, 0.4) is 0 Å². The first-order valence-corrected chi connectivity index (χ1v) is 3.53. The molecular weight excluding hydrogens is 239 g/mol. The Morgan fingerprint density at radius 3 is 1.08 bits per heavy atom. The normalized spacial score (nSPS) is 8.69. The van der Waals surface area contributed by atoms with Crippen LogP contribution in [0.1, 0.15) is 0 Å². The average Bonchev–Trinajstić information content (AvgIpc) is 1.85. The van der Waals surface area contributed by atoms with Gasteiger partial charge in [-0.15, -0.1) is 19.5 Å². The van der Waals surface area contributed by atoms with E-state index in [0.717, 1.165) is 0 Å². The SMILES string of the molecule is [Ag+].[B]B([B])B([B])[C-](B([B])[B])B([B])[B]. The average molecular weight is 239 g/mol. The van der Waals surface area contributed by atoms with E-state index >= 15 is 0 Å². The van der Waals surface area contributed by atoms with Crippen LogP contribution in [0.5, 0.6) is 0 Å². The molecule has 0 N–H and O–H groups in total. The molecule has 0 aromatic carbocycles. The minimum Gasteiger partial charge on any atom is -0.421 e. The van der Waals surface area contributed by atoms with E-state index in [-0.39, 0.29) is 22.4 Å². The molecule has 14 radical (unpaired) electrons. The summed E-state index contributed by atoms with van der Waals surface area (Å²) >= 11 is 0. The monoisotopic (exact) mass is 240 g/mol. The summed E-state index contributed by atoms with van der Waals surface area (Å²) in [7, 11) is 37.7. The quantitative estimate of drug-likeness (QED) is 0.345. The van der Waals surface area contributed by atoms with Crippen molar-refractivity contribution in [1.29, 1.82) is 0 Å². The van der Waals surface area contributed by atoms with Crippen LogP contribution in [0.2, 0.25) is 0 Å². The van der Waals surface area contributed by atoms with Crippen LogP contribution in [-0.2, 0) is 22.4 Å². The molecule has 0 atom stereocenters. The first-order valence-electron chi connectivity index (χ1n) is 3.53. The summed E-state index contributed by atoms with van der Waals surface area (Å²) in [5, 5.41) is 0. The fourth-order valence-electron chi connectivity index (χ4n) is 0.889. The smallest absolute Gasteiger partial charge is 0.421 e. The van der Waals surface area contributed by atoms with Gasteiger partial charge in [0.25, 0.3) is 0 Å². The van der Waals surface area contributed by atoms with E-state index in [1.54, 1.807) is 0 Å². The van der Waals surface area contributed by atoms with Crippen molar-refractivity contribution in [3.05, 3.63) is 5.62 Å². The van der Waals surface area contributed by atoms with E-state index in [9.17, 15) is 0 Å². The van der Waals surface area contributed by atoms with Gasteiger partial charge in [-0.2, -0.15) is 0 Å². The van der Waals surface area contributed by atoms with Crippen LogP contribution in [0.15, 0.2) is 0 Å². The Balaban J connectivity index is 0. The van der Waals surface area contributed by atoms with Crippen LogP contribution in [0.25, 0.3) is 0 Å². The number of hydrogen-bond donors (Lipinski definition) is 0. The largest absolute Gasteiger partial charge is 1.00 e. The van der Waals surface area contributed by atoms with Crippen molar-refractivity contribution in [2.45, 2.75) is 0 Å². The molecule has 0 aliphatic carbocycles. The van der Waals surface area contributed by atoms with Crippen LogP contribution < -0.4 is 0 Å². The molecule has 0 amide bonds. The second-order valence-corrected chi connectivity index (χ2v) is 2.65. The molecule has 0 saturated heterocycles. The molecule has 0 fully saturated rings. The summed E-state index contributed by atoms with van der Waals surface area (Å²) in [5.74, 6) is 0. The van der Waals surface area contributed by atoms with Crippen molar-refractivity contribution in [2.75, 3.05) is 0 Å². The third kappa shape index (κ3) is 5.79. The van der Waals surface area contributed by atoms with Gasteiger partial charge < -0.3 is 5.62 Å². The summed E-state index contributed by atoms with van der Waals surface area (Å²) in [6.45, 7) is -2.27. The Morgan fingerprint density at radius 2 is 1.00 bits per heavy atom. The second-order valence-electron chi connectivity index (χ2n) is 2.65. The van der Waals surface area contributed by atoms with E-state index < -0.39 is 25.9 Å². The third-order valence-corrected chi connectivity index (χ3v) is 1.57. The molecule has 0 heterocycles. The van der Waals surface area contributed by atoms with E-state index in [1.165, 1.54) is 0 Å². The Morgan fingerprint density at radius 1 is 0.692 bits per heavy atom. The van der Waals surface area contributed by atoms with Crippen molar-refractivity contribution in [3.8, 4) is 0 Å². The summed E-state index contributed by atoms with van der Waals surface area (Å²) < 4.78 is 0. The Hall–Kier alpha value is 1.45.